The van der Waals surface area contributed by atoms with Gasteiger partial charge in [-0.1, -0.05) is 30.3 Å². The van der Waals surface area contributed by atoms with Crippen molar-refractivity contribution in [2.75, 3.05) is 30.6 Å². The SMILES string of the molecule is CCOC(=O)[C@@H](CCSC)NC(=O)[C@H](CCSC)NS(=O)(=O)Cc1ccccc1. The van der Waals surface area contributed by atoms with E-state index in [9.17, 15) is 18.0 Å². The predicted octanol–water partition coefficient (Wildman–Crippen LogP) is 2.03. The molecule has 7 nitrogen and oxygen atoms in total. The van der Waals surface area contributed by atoms with Crippen molar-refractivity contribution in [2.45, 2.75) is 37.6 Å². The molecule has 0 radical (unpaired) electrons. The molecule has 2 atom stereocenters. The molecular weight excluding hydrogens is 432 g/mol. The highest BCUT2D eigenvalue weighted by Gasteiger charge is 2.29. The largest absolute Gasteiger partial charge is 0.464 e. The molecule has 0 spiro atoms. The van der Waals surface area contributed by atoms with Crippen molar-refractivity contribution < 1.29 is 22.7 Å². The second-order valence-electron chi connectivity index (χ2n) is 6.29. The maximum atomic E-state index is 12.8. The summed E-state index contributed by atoms with van der Waals surface area (Å²) in [7, 11) is -3.73. The topological polar surface area (TPSA) is 102 Å². The summed E-state index contributed by atoms with van der Waals surface area (Å²) in [5.74, 6) is 0.0188. The third kappa shape index (κ3) is 10.4. The number of carbonyl (C=O) groups excluding carboxylic acids is 2. The van der Waals surface area contributed by atoms with Gasteiger partial charge in [0.1, 0.15) is 12.1 Å². The van der Waals surface area contributed by atoms with Crippen LogP contribution in [-0.4, -0.2) is 63.0 Å². The maximum absolute atomic E-state index is 12.8. The van der Waals surface area contributed by atoms with Crippen LogP contribution in [0.1, 0.15) is 25.3 Å². The van der Waals surface area contributed by atoms with Crippen LogP contribution >= 0.6 is 23.5 Å². The number of ether oxygens (including phenoxy) is 1. The number of benzene rings is 1. The fraction of sp³-hybridized carbons (Fsp3) is 0.579. The van der Waals surface area contributed by atoms with E-state index in [1.807, 2.05) is 18.6 Å². The Bertz CT molecular complexity index is 729. The Morgan fingerprint density at radius 2 is 1.62 bits per heavy atom. The Balaban J connectivity index is 2.87. The lowest BCUT2D eigenvalue weighted by molar-refractivity contribution is -0.147. The van der Waals surface area contributed by atoms with E-state index in [-0.39, 0.29) is 12.4 Å². The molecule has 1 aromatic carbocycles. The number of thioether (sulfide) groups is 2. The van der Waals surface area contributed by atoms with Gasteiger partial charge >= 0.3 is 5.97 Å². The third-order valence-electron chi connectivity index (χ3n) is 3.95. The lowest BCUT2D eigenvalue weighted by atomic mass is 10.1. The lowest BCUT2D eigenvalue weighted by Crippen LogP contribution is -2.52. The predicted molar refractivity (Wildman–Crippen MR) is 121 cm³/mol. The van der Waals surface area contributed by atoms with E-state index < -0.39 is 34.0 Å². The zero-order chi connectivity index (χ0) is 21.7. The van der Waals surface area contributed by atoms with E-state index in [0.29, 0.717) is 29.9 Å². The first-order valence-electron chi connectivity index (χ1n) is 9.31. The fourth-order valence-electron chi connectivity index (χ4n) is 2.53. The van der Waals surface area contributed by atoms with Gasteiger partial charge in [-0.05, 0) is 49.3 Å². The molecule has 0 bridgehead atoms. The van der Waals surface area contributed by atoms with E-state index >= 15 is 0 Å². The molecule has 0 aliphatic heterocycles. The fourth-order valence-corrected chi connectivity index (χ4v) is 4.85. The van der Waals surface area contributed by atoms with Crippen molar-refractivity contribution in [3.8, 4) is 0 Å². The Labute approximate surface area is 182 Å². The highest BCUT2D eigenvalue weighted by Crippen LogP contribution is 2.09. The first-order valence-corrected chi connectivity index (χ1v) is 13.8. The minimum Gasteiger partial charge on any atom is -0.464 e. The highest BCUT2D eigenvalue weighted by atomic mass is 32.2. The molecule has 0 heterocycles. The number of rotatable bonds is 14. The summed E-state index contributed by atoms with van der Waals surface area (Å²) >= 11 is 3.07. The van der Waals surface area contributed by atoms with Crippen LogP contribution in [0.4, 0.5) is 0 Å². The van der Waals surface area contributed by atoms with E-state index in [0.717, 1.165) is 0 Å². The van der Waals surface area contributed by atoms with Gasteiger partial charge in [0, 0.05) is 0 Å². The smallest absolute Gasteiger partial charge is 0.328 e. The molecule has 1 rings (SSSR count). The Morgan fingerprint density at radius 1 is 1.03 bits per heavy atom. The highest BCUT2D eigenvalue weighted by molar-refractivity contribution is 7.98. The van der Waals surface area contributed by atoms with Crippen LogP contribution < -0.4 is 10.0 Å². The molecule has 0 saturated heterocycles. The van der Waals surface area contributed by atoms with Gasteiger partial charge in [-0.25, -0.2) is 17.9 Å². The van der Waals surface area contributed by atoms with Crippen LogP contribution in [0.2, 0.25) is 0 Å². The zero-order valence-corrected chi connectivity index (χ0v) is 19.5. The van der Waals surface area contributed by atoms with E-state index in [1.54, 1.807) is 43.0 Å². The number of hydrogen-bond acceptors (Lipinski definition) is 7. The van der Waals surface area contributed by atoms with Gasteiger partial charge in [0.05, 0.1) is 12.4 Å². The molecular formula is C19H30N2O5S3. The van der Waals surface area contributed by atoms with E-state index in [4.69, 9.17) is 4.74 Å². The standard InChI is InChI=1S/C19H30N2O5S3/c1-4-26-19(23)17(11-13-28-3)20-18(22)16(10-12-27-2)21-29(24,25)14-15-8-6-5-7-9-15/h5-9,16-17,21H,4,10-14H2,1-3H3,(H,20,22)/t16-,17+/m0/s1. The van der Waals surface area contributed by atoms with E-state index in [2.05, 4.69) is 10.0 Å². The number of hydrogen-bond donors (Lipinski definition) is 2. The summed E-state index contributed by atoms with van der Waals surface area (Å²) in [6, 6.07) is 7.01. The third-order valence-corrected chi connectivity index (χ3v) is 6.59. The summed E-state index contributed by atoms with van der Waals surface area (Å²) in [5, 5.41) is 2.67. The summed E-state index contributed by atoms with van der Waals surface area (Å²) in [6.45, 7) is 1.91. The number of nitrogens with one attached hydrogen (secondary N) is 2. The summed E-state index contributed by atoms with van der Waals surface area (Å²) < 4.78 is 32.7. The van der Waals surface area contributed by atoms with Gasteiger partial charge in [-0.15, -0.1) is 0 Å². The molecule has 0 aliphatic rings. The molecule has 1 amide bonds. The van der Waals surface area contributed by atoms with Crippen molar-refractivity contribution in [1.82, 2.24) is 10.0 Å². The monoisotopic (exact) mass is 462 g/mol. The van der Waals surface area contributed by atoms with Crippen molar-refractivity contribution in [2.24, 2.45) is 0 Å². The van der Waals surface area contributed by atoms with Crippen LogP contribution in [0, 0.1) is 0 Å². The Morgan fingerprint density at radius 3 is 2.17 bits per heavy atom. The maximum Gasteiger partial charge on any atom is 0.328 e. The molecule has 0 aliphatic carbocycles. The van der Waals surface area contributed by atoms with Crippen LogP contribution in [0.5, 0.6) is 0 Å². The first-order chi connectivity index (χ1) is 13.8. The Hall–Kier alpha value is -1.23. The van der Waals surface area contributed by atoms with Gasteiger partial charge < -0.3 is 10.1 Å². The quantitative estimate of drug-likeness (QED) is 0.408. The molecule has 0 unspecified atom stereocenters. The van der Waals surface area contributed by atoms with Crippen molar-refractivity contribution >= 4 is 45.4 Å². The summed E-state index contributed by atoms with van der Waals surface area (Å²) in [4.78, 5) is 25.0. The average Bonchev–Trinajstić information content (AvgIpc) is 2.68. The summed E-state index contributed by atoms with van der Waals surface area (Å²) in [6.07, 6.45) is 4.52. The molecule has 10 heteroatoms. The normalized spacial score (nSPS) is 13.5. The second kappa shape index (κ2) is 13.9. The molecule has 0 aromatic heterocycles. The average molecular weight is 463 g/mol. The van der Waals surface area contributed by atoms with Gasteiger partial charge in [-0.2, -0.15) is 23.5 Å². The molecule has 1 aromatic rings. The van der Waals surface area contributed by atoms with Crippen LogP contribution in [0.3, 0.4) is 0 Å². The molecule has 164 valence electrons. The Kier molecular flexibility index (Phi) is 12.4. The van der Waals surface area contributed by atoms with Crippen LogP contribution in [0.15, 0.2) is 30.3 Å². The van der Waals surface area contributed by atoms with Gasteiger partial charge in [0.15, 0.2) is 0 Å². The second-order valence-corrected chi connectivity index (χ2v) is 10.0. The van der Waals surface area contributed by atoms with Gasteiger partial charge in [0.25, 0.3) is 0 Å². The van der Waals surface area contributed by atoms with Crippen molar-refractivity contribution in [3.63, 3.8) is 0 Å². The number of amides is 1. The zero-order valence-electron chi connectivity index (χ0n) is 17.1. The van der Waals surface area contributed by atoms with Crippen LogP contribution in [-0.2, 0) is 30.1 Å². The van der Waals surface area contributed by atoms with Crippen LogP contribution in [0.25, 0.3) is 0 Å². The van der Waals surface area contributed by atoms with Gasteiger partial charge in [-0.3, -0.25) is 4.79 Å². The van der Waals surface area contributed by atoms with Crippen molar-refractivity contribution in [1.29, 1.82) is 0 Å². The first kappa shape index (κ1) is 25.8. The molecule has 2 N–H and O–H groups in total. The molecule has 0 fully saturated rings. The lowest BCUT2D eigenvalue weighted by Gasteiger charge is -2.22. The molecule has 0 saturated carbocycles. The minimum absolute atomic E-state index is 0.212. The van der Waals surface area contributed by atoms with Gasteiger partial charge in [0.2, 0.25) is 15.9 Å². The number of carbonyl (C=O) groups is 2. The minimum atomic E-state index is -3.73. The van der Waals surface area contributed by atoms with Crippen molar-refractivity contribution in [3.05, 3.63) is 35.9 Å². The van der Waals surface area contributed by atoms with E-state index in [1.165, 1.54) is 11.8 Å². The number of esters is 1. The summed E-state index contributed by atoms with van der Waals surface area (Å²) in [5.41, 5.74) is 0.633. The molecule has 29 heavy (non-hydrogen) atoms. The number of sulfonamides is 1.